The van der Waals surface area contributed by atoms with Gasteiger partial charge in [-0.1, -0.05) is 0 Å². The van der Waals surface area contributed by atoms with Crippen LogP contribution in [0.15, 0.2) is 17.8 Å². The molecule has 0 aliphatic rings. The Morgan fingerprint density at radius 1 is 1.50 bits per heavy atom. The maximum Gasteiger partial charge on any atom is 0.235 e. The molecule has 0 aromatic carbocycles. The molecule has 14 heavy (non-hydrogen) atoms. The zero-order chi connectivity index (χ0) is 9.97. The minimum atomic E-state index is -0.160. The maximum absolute atomic E-state index is 10.7. The number of amides is 1. The molecule has 2 rings (SSSR count). The van der Waals surface area contributed by atoms with Crippen molar-refractivity contribution in [2.75, 3.05) is 5.43 Å². The van der Waals surface area contributed by atoms with Crippen LogP contribution >= 0.6 is 11.3 Å². The molecule has 2 aromatic rings. The number of carbonyl (C=O) groups excluding carboxylic acids is 1. The van der Waals surface area contributed by atoms with Crippen LogP contribution in [0.1, 0.15) is 6.92 Å². The van der Waals surface area contributed by atoms with Crippen LogP contribution in [0.4, 0.5) is 5.82 Å². The summed E-state index contributed by atoms with van der Waals surface area (Å²) in [5, 5.41) is 2.84. The average molecular weight is 208 g/mol. The van der Waals surface area contributed by atoms with Crippen LogP contribution in [0.25, 0.3) is 10.2 Å². The van der Waals surface area contributed by atoms with Crippen molar-refractivity contribution in [2.24, 2.45) is 0 Å². The van der Waals surface area contributed by atoms with Gasteiger partial charge >= 0.3 is 0 Å². The lowest BCUT2D eigenvalue weighted by atomic mass is 10.4. The fraction of sp³-hybridized carbons (Fsp3) is 0.125. The number of hydrogen-bond acceptors (Lipinski definition) is 5. The Labute approximate surface area is 84.2 Å². The van der Waals surface area contributed by atoms with Gasteiger partial charge in [-0.15, -0.1) is 11.3 Å². The third kappa shape index (κ3) is 1.64. The van der Waals surface area contributed by atoms with E-state index in [4.69, 9.17) is 0 Å². The first kappa shape index (κ1) is 8.89. The SMILES string of the molecule is CC(=O)NNc1ncnc2sccc12. The van der Waals surface area contributed by atoms with Crippen LogP contribution in [0.2, 0.25) is 0 Å². The largest absolute Gasteiger partial charge is 0.281 e. The van der Waals surface area contributed by atoms with Gasteiger partial charge in [-0.3, -0.25) is 15.6 Å². The molecule has 0 bridgehead atoms. The van der Waals surface area contributed by atoms with Crippen LogP contribution < -0.4 is 10.9 Å². The van der Waals surface area contributed by atoms with Gasteiger partial charge in [0.1, 0.15) is 11.2 Å². The molecule has 0 aliphatic heterocycles. The quantitative estimate of drug-likeness (QED) is 0.727. The molecule has 0 saturated carbocycles. The number of nitrogens with one attached hydrogen (secondary N) is 2. The molecule has 6 heteroatoms. The molecule has 5 nitrogen and oxygen atoms in total. The monoisotopic (exact) mass is 208 g/mol. The summed E-state index contributed by atoms with van der Waals surface area (Å²) in [6.07, 6.45) is 1.46. The highest BCUT2D eigenvalue weighted by atomic mass is 32.1. The molecule has 0 spiro atoms. The summed E-state index contributed by atoms with van der Waals surface area (Å²) in [7, 11) is 0. The third-order valence-electron chi connectivity index (χ3n) is 1.62. The molecule has 2 aromatic heterocycles. The molecule has 0 saturated heterocycles. The molecule has 2 N–H and O–H groups in total. The van der Waals surface area contributed by atoms with Crippen molar-refractivity contribution in [3.8, 4) is 0 Å². The summed E-state index contributed by atoms with van der Waals surface area (Å²) in [6, 6.07) is 1.91. The zero-order valence-corrected chi connectivity index (χ0v) is 8.26. The Hall–Kier alpha value is -1.69. The number of hydrazine groups is 1. The number of fused-ring (bicyclic) bond motifs is 1. The summed E-state index contributed by atoms with van der Waals surface area (Å²) < 4.78 is 0. The molecule has 0 fully saturated rings. The van der Waals surface area contributed by atoms with Gasteiger partial charge < -0.3 is 0 Å². The standard InChI is InChI=1S/C8H8N4OS/c1-5(13)11-12-7-6-2-3-14-8(6)10-4-9-7/h2-4H,1H3,(H,11,13)(H,9,10,12). The van der Waals surface area contributed by atoms with Gasteiger partial charge in [-0.05, 0) is 11.4 Å². The van der Waals surface area contributed by atoms with Crippen molar-refractivity contribution < 1.29 is 4.79 Å². The predicted molar refractivity (Wildman–Crippen MR) is 54.9 cm³/mol. The number of aromatic nitrogens is 2. The van der Waals surface area contributed by atoms with Crippen LogP contribution in [-0.4, -0.2) is 15.9 Å². The number of hydrogen-bond donors (Lipinski definition) is 2. The summed E-state index contributed by atoms with van der Waals surface area (Å²) in [6.45, 7) is 1.43. The summed E-state index contributed by atoms with van der Waals surface area (Å²) >= 11 is 1.53. The van der Waals surface area contributed by atoms with Gasteiger partial charge in [0.05, 0.1) is 5.39 Å². The van der Waals surface area contributed by atoms with E-state index in [-0.39, 0.29) is 5.91 Å². The normalized spacial score (nSPS) is 10.1. The second-order valence-electron chi connectivity index (χ2n) is 2.67. The van der Waals surface area contributed by atoms with Gasteiger partial charge in [0.2, 0.25) is 5.91 Å². The minimum Gasteiger partial charge on any atom is -0.281 e. The molecule has 0 atom stereocenters. The van der Waals surface area contributed by atoms with Crippen molar-refractivity contribution >= 4 is 33.3 Å². The van der Waals surface area contributed by atoms with Crippen molar-refractivity contribution in [1.29, 1.82) is 0 Å². The third-order valence-corrected chi connectivity index (χ3v) is 2.44. The topological polar surface area (TPSA) is 66.9 Å². The highest BCUT2D eigenvalue weighted by molar-refractivity contribution is 7.16. The van der Waals surface area contributed by atoms with Crippen LogP contribution in [-0.2, 0) is 4.79 Å². The lowest BCUT2D eigenvalue weighted by Gasteiger charge is -2.05. The first-order valence-electron chi connectivity index (χ1n) is 3.98. The molecular weight excluding hydrogens is 200 g/mol. The smallest absolute Gasteiger partial charge is 0.235 e. The van der Waals surface area contributed by atoms with Gasteiger partial charge in [0, 0.05) is 6.92 Å². The van der Waals surface area contributed by atoms with Crippen LogP contribution in [0.5, 0.6) is 0 Å². The molecule has 72 valence electrons. The second kappa shape index (κ2) is 3.59. The first-order chi connectivity index (χ1) is 6.77. The predicted octanol–water partition coefficient (Wildman–Crippen LogP) is 1.15. The van der Waals surface area contributed by atoms with E-state index in [2.05, 4.69) is 20.8 Å². The van der Waals surface area contributed by atoms with Gasteiger partial charge in [-0.25, -0.2) is 9.97 Å². The van der Waals surface area contributed by atoms with Crippen molar-refractivity contribution in [3.05, 3.63) is 17.8 Å². The minimum absolute atomic E-state index is 0.160. The van der Waals surface area contributed by atoms with E-state index < -0.39 is 0 Å². The van der Waals surface area contributed by atoms with E-state index in [0.717, 1.165) is 10.2 Å². The molecule has 0 aliphatic carbocycles. The first-order valence-corrected chi connectivity index (χ1v) is 4.86. The maximum atomic E-state index is 10.7. The number of anilines is 1. The Kier molecular flexibility index (Phi) is 2.28. The Morgan fingerprint density at radius 3 is 3.14 bits per heavy atom. The van der Waals surface area contributed by atoms with E-state index in [0.29, 0.717) is 5.82 Å². The highest BCUT2D eigenvalue weighted by Crippen LogP contribution is 2.22. The molecule has 1 amide bonds. The molecule has 0 unspecified atom stereocenters. The Balaban J connectivity index is 2.32. The van der Waals surface area contributed by atoms with E-state index in [9.17, 15) is 4.79 Å². The lowest BCUT2D eigenvalue weighted by molar-refractivity contribution is -0.118. The fourth-order valence-electron chi connectivity index (χ4n) is 1.04. The molecular formula is C8H8N4OS. The fourth-order valence-corrected chi connectivity index (χ4v) is 1.77. The van der Waals surface area contributed by atoms with Gasteiger partial charge in [0.15, 0.2) is 5.82 Å². The molecule has 0 radical (unpaired) electrons. The highest BCUT2D eigenvalue weighted by Gasteiger charge is 2.03. The average Bonchev–Trinajstić information content (AvgIpc) is 2.62. The second-order valence-corrected chi connectivity index (χ2v) is 3.56. The van der Waals surface area contributed by atoms with E-state index in [1.165, 1.54) is 24.6 Å². The van der Waals surface area contributed by atoms with E-state index >= 15 is 0 Å². The Morgan fingerprint density at radius 2 is 2.36 bits per heavy atom. The molecule has 2 heterocycles. The number of nitrogens with zero attached hydrogens (tertiary/aromatic N) is 2. The van der Waals surface area contributed by atoms with E-state index in [1.807, 2.05) is 11.4 Å². The number of rotatable bonds is 2. The Bertz CT molecular complexity index is 467. The summed E-state index contributed by atoms with van der Waals surface area (Å²) in [4.78, 5) is 19.7. The van der Waals surface area contributed by atoms with Gasteiger partial charge in [0.25, 0.3) is 0 Å². The van der Waals surface area contributed by atoms with Crippen molar-refractivity contribution in [2.45, 2.75) is 6.92 Å². The summed E-state index contributed by atoms with van der Waals surface area (Å²) in [5.74, 6) is 0.457. The van der Waals surface area contributed by atoms with Crippen molar-refractivity contribution in [1.82, 2.24) is 15.4 Å². The lowest BCUT2D eigenvalue weighted by Crippen LogP contribution is -2.27. The van der Waals surface area contributed by atoms with Crippen molar-refractivity contribution in [3.63, 3.8) is 0 Å². The number of thiophene rings is 1. The van der Waals surface area contributed by atoms with Crippen LogP contribution in [0.3, 0.4) is 0 Å². The van der Waals surface area contributed by atoms with Gasteiger partial charge in [-0.2, -0.15) is 0 Å². The summed E-state index contributed by atoms with van der Waals surface area (Å²) in [5.41, 5.74) is 5.20. The number of carbonyl (C=O) groups is 1. The van der Waals surface area contributed by atoms with E-state index in [1.54, 1.807) is 0 Å². The zero-order valence-electron chi connectivity index (χ0n) is 7.44. The van der Waals surface area contributed by atoms with Crippen LogP contribution in [0, 0.1) is 0 Å².